The molecule has 4 rings (SSSR count). The van der Waals surface area contributed by atoms with Crippen molar-refractivity contribution in [2.75, 3.05) is 40.0 Å². The number of fused-ring (bicyclic) bond motifs is 2. The van der Waals surface area contributed by atoms with Crippen LogP contribution in [0.5, 0.6) is 28.7 Å². The standard InChI is InChI=1S/C22H23N3O7/c1-25-14(7-12-8-17(28-2)20(29-3)21(30-4)19(12)25)22(27)23-10-18(26)24-13-5-6-15-16(9-13)32-11-31-15/h5-9H,10-11H2,1-4H3,(H,23,27)(H,24,26). The molecule has 2 heterocycles. The van der Waals surface area contributed by atoms with E-state index in [0.29, 0.717) is 45.6 Å². The van der Waals surface area contributed by atoms with E-state index in [1.807, 2.05) is 0 Å². The molecule has 3 aromatic rings. The van der Waals surface area contributed by atoms with Gasteiger partial charge in [-0.25, -0.2) is 0 Å². The number of carbonyl (C=O) groups is 2. The molecule has 0 spiro atoms. The largest absolute Gasteiger partial charge is 0.493 e. The van der Waals surface area contributed by atoms with Gasteiger partial charge in [-0.05, 0) is 24.3 Å². The summed E-state index contributed by atoms with van der Waals surface area (Å²) in [5.74, 6) is 1.75. The number of amides is 2. The number of anilines is 1. The quantitative estimate of drug-likeness (QED) is 0.579. The predicted octanol–water partition coefficient (Wildman–Crippen LogP) is 2.30. The third-order valence-corrected chi connectivity index (χ3v) is 5.12. The third kappa shape index (κ3) is 3.70. The lowest BCUT2D eigenvalue weighted by Gasteiger charge is -2.14. The van der Waals surface area contributed by atoms with E-state index in [4.69, 9.17) is 23.7 Å². The van der Waals surface area contributed by atoms with Crippen LogP contribution >= 0.6 is 0 Å². The topological polar surface area (TPSA) is 109 Å². The van der Waals surface area contributed by atoms with Crippen LogP contribution in [0.4, 0.5) is 5.69 Å². The Bertz CT molecular complexity index is 1200. The summed E-state index contributed by atoms with van der Waals surface area (Å²) < 4.78 is 28.5. The summed E-state index contributed by atoms with van der Waals surface area (Å²) in [5, 5.41) is 6.09. The van der Waals surface area contributed by atoms with Crippen LogP contribution in [0.2, 0.25) is 0 Å². The van der Waals surface area contributed by atoms with Gasteiger partial charge in [0.25, 0.3) is 5.91 Å². The van der Waals surface area contributed by atoms with Gasteiger partial charge in [-0.2, -0.15) is 0 Å². The summed E-state index contributed by atoms with van der Waals surface area (Å²) in [6.45, 7) is -0.0606. The first-order valence-electron chi connectivity index (χ1n) is 9.73. The lowest BCUT2D eigenvalue weighted by Crippen LogP contribution is -2.33. The van der Waals surface area contributed by atoms with Crippen molar-refractivity contribution in [1.29, 1.82) is 0 Å². The molecule has 168 valence electrons. The first-order chi connectivity index (χ1) is 15.5. The van der Waals surface area contributed by atoms with E-state index in [1.165, 1.54) is 21.3 Å². The molecule has 10 heteroatoms. The molecule has 2 N–H and O–H groups in total. The van der Waals surface area contributed by atoms with E-state index in [0.717, 1.165) is 5.39 Å². The Labute approximate surface area is 183 Å². The molecule has 0 aliphatic carbocycles. The van der Waals surface area contributed by atoms with E-state index < -0.39 is 5.91 Å². The Hall–Kier alpha value is -4.08. The molecule has 10 nitrogen and oxygen atoms in total. The number of aromatic nitrogens is 1. The molecular formula is C22H23N3O7. The first kappa shape index (κ1) is 21.2. The normalized spacial score (nSPS) is 11.9. The average Bonchev–Trinajstić information content (AvgIpc) is 3.40. The van der Waals surface area contributed by atoms with Crippen molar-refractivity contribution in [3.63, 3.8) is 0 Å². The number of ether oxygens (including phenoxy) is 5. The molecule has 1 aliphatic heterocycles. The second-order valence-corrected chi connectivity index (χ2v) is 6.97. The Morgan fingerprint density at radius 1 is 1.00 bits per heavy atom. The summed E-state index contributed by atoms with van der Waals surface area (Å²) in [6.07, 6.45) is 0. The van der Waals surface area contributed by atoms with Gasteiger partial charge >= 0.3 is 0 Å². The minimum Gasteiger partial charge on any atom is -0.493 e. The number of nitrogens with zero attached hydrogens (tertiary/aromatic N) is 1. The van der Waals surface area contributed by atoms with E-state index in [1.54, 1.807) is 41.9 Å². The zero-order valence-corrected chi connectivity index (χ0v) is 18.1. The van der Waals surface area contributed by atoms with Gasteiger partial charge in [-0.15, -0.1) is 0 Å². The minimum absolute atomic E-state index is 0.149. The van der Waals surface area contributed by atoms with Gasteiger partial charge in [-0.1, -0.05) is 0 Å². The van der Waals surface area contributed by atoms with Crippen LogP contribution in [-0.4, -0.2) is 51.0 Å². The summed E-state index contributed by atoms with van der Waals surface area (Å²) in [6, 6.07) is 8.54. The average molecular weight is 441 g/mol. The fraction of sp³-hybridized carbons (Fsp3) is 0.273. The van der Waals surface area contributed by atoms with Crippen LogP contribution in [0.25, 0.3) is 10.9 Å². The van der Waals surface area contributed by atoms with Crippen LogP contribution in [-0.2, 0) is 11.8 Å². The molecule has 0 radical (unpaired) electrons. The number of nitrogens with one attached hydrogen (secondary N) is 2. The highest BCUT2D eigenvalue weighted by Crippen LogP contribution is 2.44. The molecule has 0 bridgehead atoms. The Morgan fingerprint density at radius 3 is 2.47 bits per heavy atom. The van der Waals surface area contributed by atoms with E-state index in [2.05, 4.69) is 10.6 Å². The third-order valence-electron chi connectivity index (χ3n) is 5.12. The lowest BCUT2D eigenvalue weighted by atomic mass is 10.2. The fourth-order valence-electron chi connectivity index (χ4n) is 3.63. The number of methoxy groups -OCH3 is 3. The van der Waals surface area contributed by atoms with Gasteiger partial charge in [0.05, 0.1) is 33.4 Å². The minimum atomic E-state index is -0.412. The molecule has 32 heavy (non-hydrogen) atoms. The number of hydrogen-bond acceptors (Lipinski definition) is 7. The Balaban J connectivity index is 1.50. The van der Waals surface area contributed by atoms with Gasteiger partial charge < -0.3 is 38.9 Å². The summed E-state index contributed by atoms with van der Waals surface area (Å²) in [5.41, 5.74) is 1.56. The van der Waals surface area contributed by atoms with Crippen LogP contribution in [0.1, 0.15) is 10.5 Å². The SMILES string of the molecule is COc1cc2cc(C(=O)NCC(=O)Nc3ccc4c(c3)OCO4)n(C)c2c(OC)c1OC. The van der Waals surface area contributed by atoms with Gasteiger partial charge in [0.2, 0.25) is 18.4 Å². The van der Waals surface area contributed by atoms with Crippen LogP contribution in [0.3, 0.4) is 0 Å². The van der Waals surface area contributed by atoms with Crippen molar-refractivity contribution in [2.45, 2.75) is 0 Å². The molecule has 0 saturated heterocycles. The highest BCUT2D eigenvalue weighted by Gasteiger charge is 2.23. The van der Waals surface area contributed by atoms with Gasteiger partial charge in [0.15, 0.2) is 23.0 Å². The fourth-order valence-corrected chi connectivity index (χ4v) is 3.63. The maximum atomic E-state index is 12.8. The molecule has 0 atom stereocenters. The smallest absolute Gasteiger partial charge is 0.268 e. The van der Waals surface area contributed by atoms with Crippen molar-refractivity contribution in [1.82, 2.24) is 9.88 Å². The number of hydrogen-bond donors (Lipinski definition) is 2. The molecule has 0 unspecified atom stereocenters. The van der Waals surface area contributed by atoms with Gasteiger partial charge in [-0.3, -0.25) is 9.59 Å². The lowest BCUT2D eigenvalue weighted by molar-refractivity contribution is -0.115. The summed E-state index contributed by atoms with van der Waals surface area (Å²) >= 11 is 0. The van der Waals surface area contributed by atoms with Crippen molar-refractivity contribution in [3.8, 4) is 28.7 Å². The highest BCUT2D eigenvalue weighted by atomic mass is 16.7. The first-order valence-corrected chi connectivity index (χ1v) is 9.73. The Kier molecular flexibility index (Phi) is 5.67. The van der Waals surface area contributed by atoms with Crippen molar-refractivity contribution >= 4 is 28.4 Å². The second kappa shape index (κ2) is 8.58. The van der Waals surface area contributed by atoms with Crippen LogP contribution in [0, 0.1) is 0 Å². The second-order valence-electron chi connectivity index (χ2n) is 6.97. The molecular weight excluding hydrogens is 418 g/mol. The van der Waals surface area contributed by atoms with Gasteiger partial charge in [0.1, 0.15) is 5.69 Å². The number of aryl methyl sites for hydroxylation is 1. The molecule has 0 saturated carbocycles. The van der Waals surface area contributed by atoms with E-state index in [9.17, 15) is 9.59 Å². The summed E-state index contributed by atoms with van der Waals surface area (Å²) in [4.78, 5) is 25.1. The van der Waals surface area contributed by atoms with Crippen LogP contribution in [0.15, 0.2) is 30.3 Å². The number of rotatable bonds is 7. The number of carbonyl (C=O) groups excluding carboxylic acids is 2. The van der Waals surface area contributed by atoms with E-state index in [-0.39, 0.29) is 19.2 Å². The van der Waals surface area contributed by atoms with Crippen molar-refractivity contribution in [2.24, 2.45) is 7.05 Å². The maximum absolute atomic E-state index is 12.8. The van der Waals surface area contributed by atoms with E-state index >= 15 is 0 Å². The maximum Gasteiger partial charge on any atom is 0.268 e. The Morgan fingerprint density at radius 2 is 1.75 bits per heavy atom. The number of benzene rings is 2. The molecule has 0 fully saturated rings. The van der Waals surface area contributed by atoms with Crippen molar-refractivity contribution < 1.29 is 33.3 Å². The predicted molar refractivity (Wildman–Crippen MR) is 116 cm³/mol. The molecule has 2 amide bonds. The monoisotopic (exact) mass is 441 g/mol. The van der Waals surface area contributed by atoms with Crippen molar-refractivity contribution in [3.05, 3.63) is 36.0 Å². The van der Waals surface area contributed by atoms with Crippen LogP contribution < -0.4 is 34.3 Å². The van der Waals surface area contributed by atoms with Gasteiger partial charge in [0, 0.05) is 24.2 Å². The zero-order valence-electron chi connectivity index (χ0n) is 18.1. The molecule has 2 aromatic carbocycles. The molecule has 1 aliphatic rings. The molecule has 1 aromatic heterocycles. The zero-order chi connectivity index (χ0) is 22.8. The highest BCUT2D eigenvalue weighted by molar-refractivity contribution is 6.03. The summed E-state index contributed by atoms with van der Waals surface area (Å²) in [7, 11) is 6.29.